The van der Waals surface area contributed by atoms with Crippen LogP contribution in [0.25, 0.3) is 10.4 Å². The molecule has 1 aromatic carbocycles. The summed E-state index contributed by atoms with van der Waals surface area (Å²) in [6, 6.07) is 8.62. The minimum atomic E-state index is -1.10. The number of fused-ring (bicyclic) bond motifs is 1. The van der Waals surface area contributed by atoms with E-state index < -0.39 is 36.9 Å². The fourth-order valence-electron chi connectivity index (χ4n) is 2.75. The van der Waals surface area contributed by atoms with Gasteiger partial charge in [0.1, 0.15) is 18.3 Å². The number of hydrogen-bond donors (Lipinski definition) is 1. The molecule has 0 bridgehead atoms. The minimum Gasteiger partial charge on any atom is -0.387 e. The van der Waals surface area contributed by atoms with Crippen molar-refractivity contribution >= 4 is 0 Å². The van der Waals surface area contributed by atoms with Crippen molar-refractivity contribution in [2.75, 3.05) is 13.7 Å². The number of aliphatic hydroxyl groups is 1. The van der Waals surface area contributed by atoms with Gasteiger partial charge in [0, 0.05) is 17.6 Å². The first-order valence-electron chi connectivity index (χ1n) is 6.97. The third-order valence-corrected chi connectivity index (χ3v) is 3.82. The zero-order valence-electron chi connectivity index (χ0n) is 12.0. The molecule has 0 aliphatic carbocycles. The molecule has 2 saturated heterocycles. The molecule has 118 valence electrons. The Bertz CT molecular complexity index is 551. The highest BCUT2D eigenvalue weighted by Gasteiger charge is 2.49. The summed E-state index contributed by atoms with van der Waals surface area (Å²) in [5, 5.41) is 13.9. The Balaban J connectivity index is 1.82. The van der Waals surface area contributed by atoms with Crippen molar-refractivity contribution in [2.45, 2.75) is 36.9 Å². The number of benzene rings is 1. The highest BCUT2D eigenvalue weighted by Crippen LogP contribution is 2.35. The maximum atomic E-state index is 10.2. The number of methoxy groups -OCH3 is 1. The fourth-order valence-corrected chi connectivity index (χ4v) is 2.75. The lowest BCUT2D eigenvalue weighted by Crippen LogP contribution is -2.61. The Morgan fingerprint density at radius 2 is 2.09 bits per heavy atom. The molecule has 0 saturated carbocycles. The van der Waals surface area contributed by atoms with Crippen LogP contribution in [-0.2, 0) is 18.9 Å². The Kier molecular flexibility index (Phi) is 4.58. The van der Waals surface area contributed by atoms with Gasteiger partial charge < -0.3 is 24.1 Å². The lowest BCUT2D eigenvalue weighted by Gasteiger charge is -2.46. The molecule has 2 heterocycles. The van der Waals surface area contributed by atoms with Crippen molar-refractivity contribution in [3.05, 3.63) is 46.3 Å². The van der Waals surface area contributed by atoms with E-state index in [-0.39, 0.29) is 6.61 Å². The van der Waals surface area contributed by atoms with Crippen LogP contribution >= 0.6 is 0 Å². The van der Waals surface area contributed by atoms with Gasteiger partial charge in [0.25, 0.3) is 0 Å². The van der Waals surface area contributed by atoms with E-state index >= 15 is 0 Å². The first-order valence-corrected chi connectivity index (χ1v) is 6.97. The number of ether oxygens (including phenoxy) is 4. The van der Waals surface area contributed by atoms with Crippen molar-refractivity contribution in [1.82, 2.24) is 0 Å². The van der Waals surface area contributed by atoms with E-state index in [0.717, 1.165) is 5.56 Å². The van der Waals surface area contributed by atoms with Gasteiger partial charge in [-0.1, -0.05) is 35.4 Å². The second kappa shape index (κ2) is 6.62. The van der Waals surface area contributed by atoms with Gasteiger partial charge in [-0.3, -0.25) is 0 Å². The summed E-state index contributed by atoms with van der Waals surface area (Å²) in [5.41, 5.74) is 9.60. The van der Waals surface area contributed by atoms with Gasteiger partial charge in [0.05, 0.1) is 12.6 Å². The molecule has 2 fully saturated rings. The molecule has 0 amide bonds. The van der Waals surface area contributed by atoms with E-state index in [9.17, 15) is 5.11 Å². The number of aliphatic hydroxyl groups excluding tert-OH is 1. The quantitative estimate of drug-likeness (QED) is 0.517. The van der Waals surface area contributed by atoms with E-state index in [0.29, 0.717) is 0 Å². The third-order valence-electron chi connectivity index (χ3n) is 3.82. The van der Waals surface area contributed by atoms with Gasteiger partial charge in [0.2, 0.25) is 0 Å². The van der Waals surface area contributed by atoms with E-state index in [1.807, 2.05) is 30.3 Å². The number of azide groups is 1. The average molecular weight is 307 g/mol. The van der Waals surface area contributed by atoms with Gasteiger partial charge in [0.15, 0.2) is 12.6 Å². The van der Waals surface area contributed by atoms with Crippen LogP contribution in [0.2, 0.25) is 0 Å². The van der Waals surface area contributed by atoms with E-state index in [1.165, 1.54) is 7.11 Å². The largest absolute Gasteiger partial charge is 0.387 e. The van der Waals surface area contributed by atoms with Crippen LogP contribution in [0.4, 0.5) is 0 Å². The minimum absolute atomic E-state index is 0.258. The molecule has 0 spiro atoms. The lowest BCUT2D eigenvalue weighted by molar-refractivity contribution is -0.337. The second-order valence-electron chi connectivity index (χ2n) is 5.14. The summed E-state index contributed by atoms with van der Waals surface area (Å²) < 4.78 is 22.2. The number of hydrogen-bond acceptors (Lipinski definition) is 6. The molecule has 1 aromatic rings. The average Bonchev–Trinajstić information content (AvgIpc) is 2.57. The van der Waals surface area contributed by atoms with Crippen molar-refractivity contribution in [2.24, 2.45) is 5.11 Å². The molecular formula is C14H17N3O5. The summed E-state index contributed by atoms with van der Waals surface area (Å²) in [5.74, 6) is 0. The predicted molar refractivity (Wildman–Crippen MR) is 74.6 cm³/mol. The van der Waals surface area contributed by atoms with Gasteiger partial charge in [-0.15, -0.1) is 0 Å². The van der Waals surface area contributed by atoms with Crippen molar-refractivity contribution < 1.29 is 24.1 Å². The van der Waals surface area contributed by atoms with Gasteiger partial charge in [-0.2, -0.15) is 0 Å². The summed E-state index contributed by atoms with van der Waals surface area (Å²) in [6.07, 6.45) is -3.64. The first kappa shape index (κ1) is 15.2. The summed E-state index contributed by atoms with van der Waals surface area (Å²) >= 11 is 0. The Labute approximate surface area is 127 Å². The molecule has 8 heteroatoms. The molecule has 0 radical (unpaired) electrons. The zero-order valence-corrected chi connectivity index (χ0v) is 12.0. The molecule has 8 nitrogen and oxygen atoms in total. The summed E-state index contributed by atoms with van der Waals surface area (Å²) in [4.78, 5) is 2.80. The Morgan fingerprint density at radius 3 is 2.77 bits per heavy atom. The van der Waals surface area contributed by atoms with Crippen molar-refractivity contribution in [1.29, 1.82) is 0 Å². The lowest BCUT2D eigenvalue weighted by atomic mass is 9.96. The summed E-state index contributed by atoms with van der Waals surface area (Å²) in [6.45, 7) is 0.258. The van der Waals surface area contributed by atoms with Gasteiger partial charge in [-0.05, 0) is 5.53 Å². The first-order chi connectivity index (χ1) is 10.7. The molecule has 2 aliphatic heterocycles. The molecule has 22 heavy (non-hydrogen) atoms. The molecule has 0 aromatic heterocycles. The maximum Gasteiger partial charge on any atom is 0.184 e. The highest BCUT2D eigenvalue weighted by atomic mass is 16.7. The Hall–Kier alpha value is -1.67. The molecule has 2 aliphatic rings. The second-order valence-corrected chi connectivity index (χ2v) is 5.14. The van der Waals surface area contributed by atoms with Gasteiger partial charge in [-0.25, -0.2) is 0 Å². The van der Waals surface area contributed by atoms with E-state index in [1.54, 1.807) is 0 Å². The van der Waals surface area contributed by atoms with Crippen LogP contribution in [0.1, 0.15) is 11.9 Å². The van der Waals surface area contributed by atoms with Crippen molar-refractivity contribution in [3.63, 3.8) is 0 Å². The summed E-state index contributed by atoms with van der Waals surface area (Å²) in [7, 11) is 1.42. The number of rotatable bonds is 3. The SMILES string of the molecule is CO[C@H]1O[C@@H]2COC(c3ccccc3)O[C@H]2[C@@H](N=[N+]=[N-])[C@H]1O. The molecular weight excluding hydrogens is 290 g/mol. The van der Waals surface area contributed by atoms with Crippen LogP contribution in [0.5, 0.6) is 0 Å². The van der Waals surface area contributed by atoms with Crippen LogP contribution in [0.15, 0.2) is 35.4 Å². The van der Waals surface area contributed by atoms with Crippen LogP contribution in [0, 0.1) is 0 Å². The standard InChI is InChI=1S/C14H17N3O5/c1-19-14-11(18)10(16-17-15)12-9(21-14)7-20-13(22-12)8-5-3-2-4-6-8/h2-6,9-14,18H,7H2,1H3/t9-,10+,11-,12-,13?,14+/m1/s1. The van der Waals surface area contributed by atoms with Crippen LogP contribution < -0.4 is 0 Å². The molecule has 1 unspecified atom stereocenters. The van der Waals surface area contributed by atoms with E-state index in [2.05, 4.69) is 10.0 Å². The smallest absolute Gasteiger partial charge is 0.184 e. The topological polar surface area (TPSA) is 106 Å². The van der Waals surface area contributed by atoms with Crippen LogP contribution in [0.3, 0.4) is 0 Å². The van der Waals surface area contributed by atoms with Crippen LogP contribution in [-0.4, -0.2) is 49.5 Å². The third kappa shape index (κ3) is 2.80. The van der Waals surface area contributed by atoms with Gasteiger partial charge >= 0.3 is 0 Å². The fraction of sp³-hybridized carbons (Fsp3) is 0.571. The zero-order chi connectivity index (χ0) is 15.5. The predicted octanol–water partition coefficient (Wildman–Crippen LogP) is 1.51. The highest BCUT2D eigenvalue weighted by molar-refractivity contribution is 5.16. The normalized spacial score (nSPS) is 37.9. The number of nitrogens with zero attached hydrogens (tertiary/aromatic N) is 3. The Morgan fingerprint density at radius 1 is 1.32 bits per heavy atom. The molecule has 1 N–H and O–H groups in total. The molecule has 3 rings (SSSR count). The monoisotopic (exact) mass is 307 g/mol. The molecule has 6 atom stereocenters. The maximum absolute atomic E-state index is 10.2. The van der Waals surface area contributed by atoms with E-state index in [4.69, 9.17) is 24.5 Å². The van der Waals surface area contributed by atoms with Crippen molar-refractivity contribution in [3.8, 4) is 0 Å².